The Labute approximate surface area is 107 Å². The molecule has 5 nitrogen and oxygen atoms in total. The van der Waals surface area contributed by atoms with Crippen molar-refractivity contribution in [1.82, 2.24) is 19.9 Å². The van der Waals surface area contributed by atoms with Gasteiger partial charge in [0, 0.05) is 12.4 Å². The van der Waals surface area contributed by atoms with Crippen LogP contribution in [0.25, 0.3) is 11.6 Å². The average Bonchev–Trinajstić information content (AvgIpc) is 2.77. The van der Waals surface area contributed by atoms with Crippen LogP contribution in [0.1, 0.15) is 19.5 Å². The molecule has 0 aliphatic carbocycles. The van der Waals surface area contributed by atoms with E-state index in [-0.39, 0.29) is 5.56 Å². The lowest BCUT2D eigenvalue weighted by Gasteiger charge is -2.07. The molecule has 0 atom stereocenters. The minimum atomic E-state index is -0.179. The first-order valence-corrected chi connectivity index (χ1v) is 6.15. The molecule has 0 fully saturated rings. The normalized spacial score (nSPS) is 11.1. The Kier molecular flexibility index (Phi) is 3.42. The number of hydrogen-bond donors (Lipinski definition) is 2. The summed E-state index contributed by atoms with van der Waals surface area (Å²) in [5.74, 6) is 1.48. The molecule has 0 spiro atoms. The molecule has 0 aromatic carbocycles. The molecule has 0 unspecified atom stereocenters. The van der Waals surface area contributed by atoms with Crippen molar-refractivity contribution in [2.24, 2.45) is 5.92 Å². The Balaban J connectivity index is 2.50. The number of imidazole rings is 1. The fourth-order valence-corrected chi connectivity index (χ4v) is 1.88. The highest BCUT2D eigenvalue weighted by Crippen LogP contribution is 2.16. The van der Waals surface area contributed by atoms with E-state index >= 15 is 0 Å². The molecule has 2 N–H and O–H groups in total. The summed E-state index contributed by atoms with van der Waals surface area (Å²) in [5.41, 5.74) is 0.581. The van der Waals surface area contributed by atoms with Crippen molar-refractivity contribution in [3.8, 4) is 11.6 Å². The highest BCUT2D eigenvalue weighted by atomic mass is 79.9. The van der Waals surface area contributed by atoms with Gasteiger partial charge in [-0.1, -0.05) is 13.8 Å². The summed E-state index contributed by atoms with van der Waals surface area (Å²) < 4.78 is 0.501. The molecule has 0 amide bonds. The average molecular weight is 297 g/mol. The van der Waals surface area contributed by atoms with E-state index in [1.807, 2.05) is 0 Å². The Hall–Kier alpha value is -1.43. The molecular weight excluding hydrogens is 284 g/mol. The summed E-state index contributed by atoms with van der Waals surface area (Å²) in [6, 6.07) is 0. The van der Waals surface area contributed by atoms with Crippen molar-refractivity contribution in [3.05, 3.63) is 32.9 Å². The second kappa shape index (κ2) is 4.83. The maximum absolute atomic E-state index is 11.8. The van der Waals surface area contributed by atoms with Gasteiger partial charge < -0.3 is 9.97 Å². The molecule has 2 heterocycles. The zero-order valence-electron chi connectivity index (χ0n) is 9.62. The molecule has 0 radical (unpaired) electrons. The van der Waals surface area contributed by atoms with E-state index in [0.717, 1.165) is 12.1 Å². The molecule has 90 valence electrons. The van der Waals surface area contributed by atoms with Crippen LogP contribution < -0.4 is 5.56 Å². The van der Waals surface area contributed by atoms with Crippen molar-refractivity contribution in [2.75, 3.05) is 0 Å². The van der Waals surface area contributed by atoms with Crippen molar-refractivity contribution < 1.29 is 0 Å². The lowest BCUT2D eigenvalue weighted by molar-refractivity contribution is 0.631. The maximum atomic E-state index is 11.8. The van der Waals surface area contributed by atoms with Crippen LogP contribution in [0.4, 0.5) is 0 Å². The third-order valence-corrected chi connectivity index (χ3v) is 3.07. The van der Waals surface area contributed by atoms with Crippen molar-refractivity contribution in [1.29, 1.82) is 0 Å². The van der Waals surface area contributed by atoms with Gasteiger partial charge in [-0.2, -0.15) is 0 Å². The molecule has 17 heavy (non-hydrogen) atoms. The molecule has 0 bridgehead atoms. The Morgan fingerprint density at radius 3 is 2.76 bits per heavy atom. The minimum absolute atomic E-state index is 0.179. The summed E-state index contributed by atoms with van der Waals surface area (Å²) in [5, 5.41) is 0. The van der Waals surface area contributed by atoms with Gasteiger partial charge in [0.15, 0.2) is 11.6 Å². The van der Waals surface area contributed by atoms with Gasteiger partial charge in [-0.25, -0.2) is 9.97 Å². The number of nitrogens with one attached hydrogen (secondary N) is 2. The second-order valence-corrected chi connectivity index (χ2v) is 5.00. The highest BCUT2D eigenvalue weighted by Gasteiger charge is 2.12. The zero-order valence-corrected chi connectivity index (χ0v) is 11.2. The summed E-state index contributed by atoms with van der Waals surface area (Å²) in [6.45, 7) is 4.17. The quantitative estimate of drug-likeness (QED) is 0.911. The standard InChI is InChI=1S/C11H13BrN4O/c1-6(2)5-7-8(12)11(17)16-10(15-7)9-13-3-4-14-9/h3-4,6H,5H2,1-2H3,(H,13,14)(H,15,16,17). The van der Waals surface area contributed by atoms with Crippen LogP contribution in [0, 0.1) is 5.92 Å². The van der Waals surface area contributed by atoms with Crippen LogP contribution in [0.3, 0.4) is 0 Å². The first kappa shape index (κ1) is 12.0. The number of hydrogen-bond acceptors (Lipinski definition) is 3. The van der Waals surface area contributed by atoms with E-state index in [1.54, 1.807) is 12.4 Å². The number of aromatic nitrogens is 4. The SMILES string of the molecule is CC(C)Cc1nc(-c2ncc[nH]2)[nH]c(=O)c1Br. The summed E-state index contributed by atoms with van der Waals surface area (Å²) >= 11 is 3.27. The lowest BCUT2D eigenvalue weighted by atomic mass is 10.1. The maximum Gasteiger partial charge on any atom is 0.265 e. The van der Waals surface area contributed by atoms with E-state index < -0.39 is 0 Å². The molecule has 2 aromatic heterocycles. The van der Waals surface area contributed by atoms with Crippen LogP contribution in [0.5, 0.6) is 0 Å². The number of nitrogens with zero attached hydrogens (tertiary/aromatic N) is 2. The molecule has 2 rings (SSSR count). The van der Waals surface area contributed by atoms with Crippen LogP contribution in [-0.2, 0) is 6.42 Å². The molecule has 0 aliphatic rings. The minimum Gasteiger partial charge on any atom is -0.342 e. The van der Waals surface area contributed by atoms with Gasteiger partial charge in [0.2, 0.25) is 0 Å². The second-order valence-electron chi connectivity index (χ2n) is 4.21. The zero-order chi connectivity index (χ0) is 12.4. The molecule has 0 saturated heterocycles. The largest absolute Gasteiger partial charge is 0.342 e. The smallest absolute Gasteiger partial charge is 0.265 e. The van der Waals surface area contributed by atoms with E-state index in [9.17, 15) is 4.79 Å². The fourth-order valence-electron chi connectivity index (χ4n) is 1.53. The Morgan fingerprint density at radius 1 is 1.41 bits per heavy atom. The number of H-pyrrole nitrogens is 2. The van der Waals surface area contributed by atoms with Crippen molar-refractivity contribution >= 4 is 15.9 Å². The Morgan fingerprint density at radius 2 is 2.18 bits per heavy atom. The molecule has 0 aliphatic heterocycles. The summed E-state index contributed by atoms with van der Waals surface area (Å²) in [6.07, 6.45) is 4.07. The predicted octanol–water partition coefficient (Wildman–Crippen LogP) is 2.12. The van der Waals surface area contributed by atoms with Gasteiger partial charge in [0.05, 0.1) is 5.69 Å². The van der Waals surface area contributed by atoms with Crippen LogP contribution in [0.2, 0.25) is 0 Å². The fraction of sp³-hybridized carbons (Fsp3) is 0.364. The number of halogens is 1. The summed E-state index contributed by atoms with van der Waals surface area (Å²) in [7, 11) is 0. The van der Waals surface area contributed by atoms with Gasteiger partial charge in [-0.05, 0) is 28.3 Å². The van der Waals surface area contributed by atoms with Gasteiger partial charge in [0.25, 0.3) is 5.56 Å². The van der Waals surface area contributed by atoms with E-state index in [0.29, 0.717) is 22.0 Å². The highest BCUT2D eigenvalue weighted by molar-refractivity contribution is 9.10. The molecular formula is C11H13BrN4O. The van der Waals surface area contributed by atoms with Crippen LogP contribution in [0.15, 0.2) is 21.7 Å². The predicted molar refractivity (Wildman–Crippen MR) is 68.7 cm³/mol. The van der Waals surface area contributed by atoms with Gasteiger partial charge >= 0.3 is 0 Å². The number of rotatable bonds is 3. The molecule has 0 saturated carbocycles. The topological polar surface area (TPSA) is 74.4 Å². The van der Waals surface area contributed by atoms with Gasteiger partial charge in [-0.3, -0.25) is 4.79 Å². The Bertz CT molecular complexity index is 559. The first-order valence-electron chi connectivity index (χ1n) is 5.36. The van der Waals surface area contributed by atoms with Gasteiger partial charge in [0.1, 0.15) is 4.47 Å². The third-order valence-electron chi connectivity index (χ3n) is 2.26. The van der Waals surface area contributed by atoms with Crippen molar-refractivity contribution in [3.63, 3.8) is 0 Å². The van der Waals surface area contributed by atoms with E-state index in [1.165, 1.54) is 0 Å². The number of aromatic amines is 2. The van der Waals surface area contributed by atoms with Crippen molar-refractivity contribution in [2.45, 2.75) is 20.3 Å². The van der Waals surface area contributed by atoms with Crippen LogP contribution in [-0.4, -0.2) is 19.9 Å². The van der Waals surface area contributed by atoms with Crippen LogP contribution >= 0.6 is 15.9 Å². The summed E-state index contributed by atoms with van der Waals surface area (Å²) in [4.78, 5) is 25.9. The molecule has 6 heteroatoms. The third kappa shape index (κ3) is 2.63. The lowest BCUT2D eigenvalue weighted by Crippen LogP contribution is -2.15. The molecule has 2 aromatic rings. The first-order chi connectivity index (χ1) is 8.08. The van der Waals surface area contributed by atoms with Gasteiger partial charge in [-0.15, -0.1) is 0 Å². The van der Waals surface area contributed by atoms with E-state index in [4.69, 9.17) is 0 Å². The van der Waals surface area contributed by atoms with E-state index in [2.05, 4.69) is 49.7 Å². The monoisotopic (exact) mass is 296 g/mol.